The molecule has 4 aromatic heterocycles. The highest BCUT2D eigenvalue weighted by molar-refractivity contribution is 7.53. The van der Waals surface area contributed by atoms with Gasteiger partial charge in [0.1, 0.15) is 46.7 Å². The lowest BCUT2D eigenvalue weighted by Crippen LogP contribution is -2.26. The van der Waals surface area contributed by atoms with E-state index in [0.29, 0.717) is 28.3 Å². The van der Waals surface area contributed by atoms with Gasteiger partial charge in [-0.3, -0.25) is 34.1 Å². The maximum Gasteiger partial charge on any atom is 0.525 e. The summed E-state index contributed by atoms with van der Waals surface area (Å²) in [7, 11) is 3.66. The third-order valence-electron chi connectivity index (χ3n) is 14.1. The van der Waals surface area contributed by atoms with E-state index in [4.69, 9.17) is 46.9 Å². The Morgan fingerprint density at radius 1 is 0.551 bits per heavy atom. The van der Waals surface area contributed by atoms with Crippen molar-refractivity contribution < 1.29 is 56.5 Å². The van der Waals surface area contributed by atoms with Gasteiger partial charge in [0.15, 0.2) is 0 Å². The number of anilines is 3. The molecule has 28 heteroatoms. The number of ether oxygens (including phenoxy) is 1. The number of pyridine rings is 4. The number of carbonyl (C=O) groups is 4. The molecule has 0 atom stereocenters. The average Bonchev–Trinajstić information content (AvgIpc) is 0.837. The van der Waals surface area contributed by atoms with Crippen LogP contribution in [0.2, 0.25) is 0 Å². The number of hydrogen-bond donors (Lipinski definition) is 5. The van der Waals surface area contributed by atoms with Gasteiger partial charge < -0.3 is 53.3 Å². The van der Waals surface area contributed by atoms with Crippen molar-refractivity contribution in [1.29, 1.82) is 0 Å². The highest BCUT2D eigenvalue weighted by Crippen LogP contribution is 2.50. The van der Waals surface area contributed by atoms with Crippen LogP contribution < -0.4 is 47.7 Å². The van der Waals surface area contributed by atoms with Gasteiger partial charge in [-0.1, -0.05) is 81.6 Å². The van der Waals surface area contributed by atoms with Crippen molar-refractivity contribution in [2.45, 2.75) is 76.9 Å². The molecule has 0 fully saturated rings. The standard InChI is InChI=1S/C16H18N2O3.C15H15FN2O2.C12H10N3O3P.C9H11NO3.C8H12N2O.C7H4ClFO.CH4O.2CH4/c1-11-9-14(15(19)18(3)12(11)2)17-16(20)21-10-13-7-5-4-6-8-13;1-9-8-13(15(20)18(3)10(9)2)17-14(19)11-4-6-12(16)7-5-11;13-14-15-19(16,17-11-7-3-1-4-8-11)18-12-9-5-2-6-10-12;1-5-4-7(9(12)13)8(11)10(3)6(5)2;1-5-4-7(9)8(11)10(3)6(5)2;8-7(10)5-1-3-6(9)4-2-5;1-2;;/h4-9H,10H2,1-3H3,(H,17,20);4-8H,1-3H3,(H,17,19);1-10H;4H,1-3H3,(H,12,13);4H,9H2,1-3H3;1-4H;2H,1H3;2*1H4. The van der Waals surface area contributed by atoms with Crippen molar-refractivity contribution in [3.63, 3.8) is 0 Å². The van der Waals surface area contributed by atoms with Gasteiger partial charge in [0.2, 0.25) is 0 Å². The largest absolute Gasteiger partial charge is 0.525 e. The fourth-order valence-corrected chi connectivity index (χ4v) is 8.97. The first-order valence-electron chi connectivity index (χ1n) is 28.6. The molecule has 6 N–H and O–H groups in total. The number of nitrogens with two attached hydrogens (primary N) is 1. The molecule has 24 nitrogen and oxygen atoms in total. The molecule has 5 aromatic carbocycles. The number of amides is 2. The molecule has 0 radical (unpaired) electrons. The molecule has 522 valence electrons. The summed E-state index contributed by atoms with van der Waals surface area (Å²) in [5.41, 5.74) is 22.0. The molecule has 0 unspecified atom stereocenters. The van der Waals surface area contributed by atoms with Gasteiger partial charge in [-0.15, -0.1) is 0 Å². The fraction of sp³-hybridized carbons (Fsp3) is 0.229. The Morgan fingerprint density at radius 3 is 1.31 bits per heavy atom. The Balaban J connectivity index is 0.000000594. The Bertz CT molecular complexity index is 4470. The van der Waals surface area contributed by atoms with Crippen LogP contribution in [0.3, 0.4) is 0 Å². The maximum absolute atomic E-state index is 12.8. The van der Waals surface area contributed by atoms with Crippen LogP contribution >= 0.6 is 19.3 Å². The first-order valence-corrected chi connectivity index (χ1v) is 30.4. The first-order chi connectivity index (χ1) is 45.3. The van der Waals surface area contributed by atoms with Crippen molar-refractivity contribution in [3.8, 4) is 11.5 Å². The van der Waals surface area contributed by atoms with Crippen LogP contribution in [0.4, 0.5) is 30.6 Å². The fourth-order valence-electron chi connectivity index (χ4n) is 7.86. The zero-order valence-corrected chi connectivity index (χ0v) is 56.5. The average molecular weight is 1390 g/mol. The molecule has 0 spiro atoms. The predicted molar refractivity (Wildman–Crippen MR) is 380 cm³/mol. The zero-order valence-electron chi connectivity index (χ0n) is 54.9. The number of azide groups is 1. The number of carboxylic acids is 1. The zero-order chi connectivity index (χ0) is 72.1. The van der Waals surface area contributed by atoms with Gasteiger partial charge in [-0.05, 0) is 197 Å². The quantitative estimate of drug-likeness (QED) is 0.0249. The molecule has 0 saturated carbocycles. The Labute approximate surface area is 571 Å². The molecule has 0 aliphatic rings. The number of carboxylic acid groups (broad SMARTS) is 1. The number of benzene rings is 5. The number of aliphatic hydroxyl groups excluding tert-OH is 1. The summed E-state index contributed by atoms with van der Waals surface area (Å²) >= 11 is 5.09. The molecule has 4 heterocycles. The number of nitrogen functional groups attached to an aromatic ring is 1. The van der Waals surface area contributed by atoms with Crippen molar-refractivity contribution in [3.05, 3.63) is 295 Å². The number of rotatable bonds is 12. The number of nitrogens with zero attached hydrogens (tertiary/aromatic N) is 7. The van der Waals surface area contributed by atoms with Crippen molar-refractivity contribution in [2.75, 3.05) is 23.5 Å². The van der Waals surface area contributed by atoms with E-state index >= 15 is 0 Å². The number of hydrogen-bond acceptors (Lipinski definition) is 14. The third kappa shape index (κ3) is 25.9. The van der Waals surface area contributed by atoms with Gasteiger partial charge in [-0.25, -0.2) is 22.9 Å². The van der Waals surface area contributed by atoms with Gasteiger partial charge in [-0.2, -0.15) is 0 Å². The molecule has 98 heavy (non-hydrogen) atoms. The maximum atomic E-state index is 12.8. The minimum absolute atomic E-state index is 0. The lowest BCUT2D eigenvalue weighted by atomic mass is 10.1. The highest BCUT2D eigenvalue weighted by Gasteiger charge is 2.27. The van der Waals surface area contributed by atoms with E-state index < -0.39 is 42.3 Å². The minimum Gasteiger partial charge on any atom is -0.477 e. The number of nitrogens with one attached hydrogen (secondary N) is 2. The molecule has 0 aliphatic carbocycles. The molecular weight excluding hydrogens is 1310 g/mol. The lowest BCUT2D eigenvalue weighted by Gasteiger charge is -2.14. The minimum atomic E-state index is -3.95. The smallest absolute Gasteiger partial charge is 0.477 e. The second kappa shape index (κ2) is 40.9. The van der Waals surface area contributed by atoms with E-state index in [1.807, 2.05) is 71.9 Å². The van der Waals surface area contributed by atoms with Crippen LogP contribution in [0.25, 0.3) is 10.4 Å². The number of aromatic nitrogens is 4. The number of aryl methyl sites for hydroxylation is 4. The summed E-state index contributed by atoms with van der Waals surface area (Å²) in [6.45, 7) is 15.0. The summed E-state index contributed by atoms with van der Waals surface area (Å²) in [5.74, 6) is -1.80. The third-order valence-corrected chi connectivity index (χ3v) is 15.5. The van der Waals surface area contributed by atoms with Crippen LogP contribution in [0.15, 0.2) is 188 Å². The van der Waals surface area contributed by atoms with E-state index in [9.17, 15) is 51.7 Å². The van der Waals surface area contributed by atoms with Gasteiger partial charge in [0.05, 0.1) is 5.69 Å². The molecule has 9 aromatic rings. The number of aliphatic hydroxyl groups is 1. The molecule has 9 rings (SSSR count). The van der Waals surface area contributed by atoms with E-state index in [1.54, 1.807) is 125 Å². The number of halogens is 3. The van der Waals surface area contributed by atoms with Crippen LogP contribution in [-0.2, 0) is 44.1 Å². The van der Waals surface area contributed by atoms with E-state index in [0.717, 1.165) is 57.7 Å². The number of aromatic carboxylic acids is 1. The summed E-state index contributed by atoms with van der Waals surface area (Å²) in [4.78, 5) is 97.1. The number of para-hydroxylation sites is 2. The topological polar surface area (TPSA) is 340 Å². The summed E-state index contributed by atoms with van der Waals surface area (Å²) < 4.78 is 58.6. The second-order valence-electron chi connectivity index (χ2n) is 20.5. The monoisotopic (exact) mass is 1390 g/mol. The van der Waals surface area contributed by atoms with Crippen LogP contribution in [0.5, 0.6) is 11.5 Å². The molecule has 2 amide bonds. The Kier molecular flexibility index (Phi) is 35.4. The predicted octanol–water partition coefficient (Wildman–Crippen LogP) is 14.1. The van der Waals surface area contributed by atoms with E-state index in [2.05, 4.69) is 20.4 Å². The summed E-state index contributed by atoms with van der Waals surface area (Å²) in [6.07, 6.45) is -0.640. The molecular formula is C70H82ClF2N10O14P. The molecule has 0 aliphatic heterocycles. The van der Waals surface area contributed by atoms with Crippen LogP contribution in [0, 0.1) is 67.0 Å². The normalized spacial score (nSPS) is 9.81. The number of carbonyl (C=O) groups excluding carboxylic acids is 3. The van der Waals surface area contributed by atoms with Gasteiger partial charge in [0.25, 0.3) is 33.4 Å². The Morgan fingerprint density at radius 2 is 0.908 bits per heavy atom. The van der Waals surface area contributed by atoms with Crippen molar-refractivity contribution in [2.24, 2.45) is 33.1 Å². The second-order valence-corrected chi connectivity index (χ2v) is 22.3. The van der Waals surface area contributed by atoms with Gasteiger partial charge in [0, 0.05) is 79.0 Å². The van der Waals surface area contributed by atoms with E-state index in [-0.39, 0.29) is 60.9 Å². The molecule has 0 bridgehead atoms. The Hall–Kier alpha value is -11.2. The van der Waals surface area contributed by atoms with Crippen molar-refractivity contribution in [1.82, 2.24) is 18.3 Å². The van der Waals surface area contributed by atoms with Crippen LogP contribution in [0.1, 0.15) is 96.5 Å². The van der Waals surface area contributed by atoms with Gasteiger partial charge >= 0.3 is 19.8 Å². The molecule has 0 saturated heterocycles. The van der Waals surface area contributed by atoms with Crippen molar-refractivity contribution >= 4 is 59.6 Å². The lowest BCUT2D eigenvalue weighted by molar-refractivity contribution is 0.0693. The highest BCUT2D eigenvalue weighted by atomic mass is 35.5. The van der Waals surface area contributed by atoms with Crippen LogP contribution in [-0.4, -0.2) is 58.8 Å². The van der Waals surface area contributed by atoms with E-state index in [1.165, 1.54) is 68.3 Å². The summed E-state index contributed by atoms with van der Waals surface area (Å²) in [6, 6.07) is 42.7. The SMILES string of the molecule is C.C.CO.Cc1cc(C(=O)O)c(=O)n(C)c1C.Cc1cc(N)c(=O)n(C)c1C.Cc1cc(NC(=O)OCc2ccccc2)c(=O)n(C)c1C.Cc1cc(NC(=O)c2ccc(F)cc2)c(=O)n(C)c1C.O=C(Cl)c1ccc(F)cc1.[N-]=[N+]=NP(=O)(Oc1ccccc1)Oc1ccccc1. The summed E-state index contributed by atoms with van der Waals surface area (Å²) in [5, 5.41) is 20.2. The first kappa shape index (κ1) is 84.8.